The smallest absolute Gasteiger partial charge is 0.224 e. The summed E-state index contributed by atoms with van der Waals surface area (Å²) < 4.78 is 12.8. The van der Waals surface area contributed by atoms with E-state index in [9.17, 15) is 0 Å². The van der Waals surface area contributed by atoms with Crippen molar-refractivity contribution in [2.24, 2.45) is 0 Å². The third-order valence-electron chi connectivity index (χ3n) is 2.89. The van der Waals surface area contributed by atoms with Crippen molar-refractivity contribution in [1.29, 1.82) is 5.26 Å². The topological polar surface area (TPSA) is 73.2 Å². The van der Waals surface area contributed by atoms with Crippen LogP contribution < -0.4 is 15.2 Å². The molecule has 0 atom stereocenters. The number of anilines is 1. The second-order valence-electron chi connectivity index (χ2n) is 4.33. The van der Waals surface area contributed by atoms with Crippen LogP contribution >= 0.6 is 0 Å². The van der Waals surface area contributed by atoms with E-state index in [0.717, 1.165) is 6.42 Å². The number of hydrogen-bond acceptors (Lipinski definition) is 4. The van der Waals surface area contributed by atoms with Crippen molar-refractivity contribution in [1.82, 2.24) is 4.57 Å². The number of aromatic nitrogens is 1. The maximum atomic E-state index is 9.13. The molecule has 0 fully saturated rings. The zero-order chi connectivity index (χ0) is 14.5. The van der Waals surface area contributed by atoms with Gasteiger partial charge in [0.1, 0.15) is 23.3 Å². The van der Waals surface area contributed by atoms with Crippen LogP contribution in [0, 0.1) is 11.3 Å². The third kappa shape index (κ3) is 2.69. The van der Waals surface area contributed by atoms with E-state index < -0.39 is 0 Å². The lowest BCUT2D eigenvalue weighted by Gasteiger charge is -2.12. The van der Waals surface area contributed by atoms with Crippen molar-refractivity contribution in [3.8, 4) is 23.4 Å². The molecule has 2 aromatic rings. The SMILES string of the molecule is CCCn1c(C#N)cc(N)c1Oc1cccc(OC)c1. The number of ether oxygens (including phenoxy) is 2. The highest BCUT2D eigenvalue weighted by Gasteiger charge is 2.14. The van der Waals surface area contributed by atoms with Crippen molar-refractivity contribution in [2.45, 2.75) is 19.9 Å². The lowest BCUT2D eigenvalue weighted by atomic mass is 10.3. The molecule has 0 aliphatic carbocycles. The summed E-state index contributed by atoms with van der Waals surface area (Å²) in [5.74, 6) is 1.82. The fourth-order valence-electron chi connectivity index (χ4n) is 1.98. The Bertz CT molecular complexity index is 641. The molecule has 5 nitrogen and oxygen atoms in total. The van der Waals surface area contributed by atoms with E-state index in [-0.39, 0.29) is 0 Å². The highest BCUT2D eigenvalue weighted by atomic mass is 16.5. The lowest BCUT2D eigenvalue weighted by molar-refractivity contribution is 0.401. The maximum absolute atomic E-state index is 9.13. The molecule has 0 radical (unpaired) electrons. The second kappa shape index (κ2) is 6.02. The number of methoxy groups -OCH3 is 1. The highest BCUT2D eigenvalue weighted by Crippen LogP contribution is 2.32. The van der Waals surface area contributed by atoms with Gasteiger partial charge in [-0.05, 0) is 18.6 Å². The van der Waals surface area contributed by atoms with Crippen molar-refractivity contribution in [2.75, 3.05) is 12.8 Å². The normalized spacial score (nSPS) is 10.1. The van der Waals surface area contributed by atoms with Crippen LogP contribution in [0.1, 0.15) is 19.0 Å². The van der Waals surface area contributed by atoms with Crippen LogP contribution in [0.25, 0.3) is 0 Å². The summed E-state index contributed by atoms with van der Waals surface area (Å²) in [5, 5.41) is 9.13. The molecule has 104 valence electrons. The van der Waals surface area contributed by atoms with E-state index in [1.54, 1.807) is 23.8 Å². The zero-order valence-electron chi connectivity index (χ0n) is 11.6. The molecule has 0 aliphatic rings. The number of benzene rings is 1. The average Bonchev–Trinajstić information content (AvgIpc) is 2.76. The summed E-state index contributed by atoms with van der Waals surface area (Å²) in [6, 6.07) is 11.0. The number of nitrogens with two attached hydrogens (primary N) is 1. The Morgan fingerprint density at radius 3 is 2.70 bits per heavy atom. The fourth-order valence-corrected chi connectivity index (χ4v) is 1.98. The van der Waals surface area contributed by atoms with Crippen LogP contribution in [0.4, 0.5) is 5.69 Å². The van der Waals surface area contributed by atoms with Crippen molar-refractivity contribution in [3.63, 3.8) is 0 Å². The fraction of sp³-hybridized carbons (Fsp3) is 0.267. The molecule has 5 heteroatoms. The molecular weight excluding hydrogens is 254 g/mol. The molecule has 2 N–H and O–H groups in total. The summed E-state index contributed by atoms with van der Waals surface area (Å²) in [6.45, 7) is 2.71. The molecule has 0 aliphatic heterocycles. The van der Waals surface area contributed by atoms with Gasteiger partial charge in [0.25, 0.3) is 0 Å². The van der Waals surface area contributed by atoms with Gasteiger partial charge in [-0.3, -0.25) is 0 Å². The number of hydrogen-bond donors (Lipinski definition) is 1. The van der Waals surface area contributed by atoms with Gasteiger partial charge >= 0.3 is 0 Å². The number of nitriles is 1. The summed E-state index contributed by atoms with van der Waals surface area (Å²) >= 11 is 0. The summed E-state index contributed by atoms with van der Waals surface area (Å²) in [4.78, 5) is 0. The van der Waals surface area contributed by atoms with Gasteiger partial charge in [-0.1, -0.05) is 13.0 Å². The Morgan fingerprint density at radius 2 is 2.05 bits per heavy atom. The Morgan fingerprint density at radius 1 is 1.30 bits per heavy atom. The van der Waals surface area contributed by atoms with E-state index in [0.29, 0.717) is 35.3 Å². The molecule has 0 unspecified atom stereocenters. The van der Waals surface area contributed by atoms with E-state index in [1.165, 1.54) is 0 Å². The first-order valence-corrected chi connectivity index (χ1v) is 6.40. The van der Waals surface area contributed by atoms with E-state index in [2.05, 4.69) is 6.07 Å². The molecule has 0 saturated heterocycles. The minimum absolute atomic E-state index is 0.456. The second-order valence-corrected chi connectivity index (χ2v) is 4.33. The number of rotatable bonds is 5. The summed E-state index contributed by atoms with van der Waals surface area (Å²) in [5.41, 5.74) is 6.90. The van der Waals surface area contributed by atoms with Gasteiger partial charge in [0.05, 0.1) is 12.8 Å². The van der Waals surface area contributed by atoms with Crippen molar-refractivity contribution < 1.29 is 9.47 Å². The minimum Gasteiger partial charge on any atom is -0.497 e. The highest BCUT2D eigenvalue weighted by molar-refractivity contribution is 5.56. The molecular formula is C15H17N3O2. The van der Waals surface area contributed by atoms with Crippen LogP contribution in [0.2, 0.25) is 0 Å². The monoisotopic (exact) mass is 271 g/mol. The molecule has 1 aromatic heterocycles. The Hall–Kier alpha value is -2.61. The minimum atomic E-state index is 0.456. The lowest BCUT2D eigenvalue weighted by Crippen LogP contribution is -2.03. The molecule has 0 amide bonds. The Balaban J connectivity index is 2.37. The van der Waals surface area contributed by atoms with Gasteiger partial charge in [0.15, 0.2) is 0 Å². The maximum Gasteiger partial charge on any atom is 0.224 e. The number of nitrogen functional groups attached to an aromatic ring is 1. The van der Waals surface area contributed by atoms with Gasteiger partial charge in [0.2, 0.25) is 5.88 Å². The van der Waals surface area contributed by atoms with Crippen molar-refractivity contribution in [3.05, 3.63) is 36.0 Å². The Labute approximate surface area is 118 Å². The molecule has 1 heterocycles. The Kier molecular flexibility index (Phi) is 4.16. The van der Waals surface area contributed by atoms with Crippen LogP contribution in [0.15, 0.2) is 30.3 Å². The van der Waals surface area contributed by atoms with Crippen molar-refractivity contribution >= 4 is 5.69 Å². The van der Waals surface area contributed by atoms with E-state index >= 15 is 0 Å². The number of nitrogens with zero attached hydrogens (tertiary/aromatic N) is 2. The molecule has 0 bridgehead atoms. The largest absolute Gasteiger partial charge is 0.497 e. The molecule has 20 heavy (non-hydrogen) atoms. The van der Waals surface area contributed by atoms with E-state index in [1.807, 2.05) is 25.1 Å². The first-order chi connectivity index (χ1) is 9.69. The van der Waals surface area contributed by atoms with Gasteiger partial charge in [0, 0.05) is 18.7 Å². The first kappa shape index (κ1) is 13.8. The van der Waals surface area contributed by atoms with E-state index in [4.69, 9.17) is 20.5 Å². The molecule has 0 saturated carbocycles. The first-order valence-electron chi connectivity index (χ1n) is 6.40. The molecule has 0 spiro atoms. The zero-order valence-corrected chi connectivity index (χ0v) is 11.6. The molecule has 1 aromatic carbocycles. The summed E-state index contributed by atoms with van der Waals surface area (Å²) in [7, 11) is 1.60. The predicted octanol–water partition coefficient (Wildman–Crippen LogP) is 3.15. The van der Waals surface area contributed by atoms with Crippen LogP contribution in [0.3, 0.4) is 0 Å². The average molecular weight is 271 g/mol. The van der Waals surface area contributed by atoms with Gasteiger partial charge in [-0.25, -0.2) is 0 Å². The van der Waals surface area contributed by atoms with Crippen LogP contribution in [-0.2, 0) is 6.54 Å². The molecule has 2 rings (SSSR count). The van der Waals surface area contributed by atoms with Gasteiger partial charge < -0.3 is 19.8 Å². The van der Waals surface area contributed by atoms with Gasteiger partial charge in [-0.15, -0.1) is 0 Å². The summed E-state index contributed by atoms with van der Waals surface area (Å²) in [6.07, 6.45) is 0.886. The van der Waals surface area contributed by atoms with Crippen LogP contribution in [-0.4, -0.2) is 11.7 Å². The third-order valence-corrected chi connectivity index (χ3v) is 2.89. The predicted molar refractivity (Wildman–Crippen MR) is 76.9 cm³/mol. The standard InChI is InChI=1S/C15H17N3O2/c1-3-7-18-11(10-16)8-14(17)15(18)20-13-6-4-5-12(9-13)19-2/h4-6,8-9H,3,7,17H2,1-2H3. The quantitative estimate of drug-likeness (QED) is 0.906. The van der Waals surface area contributed by atoms with Crippen LogP contribution in [0.5, 0.6) is 17.4 Å². The van der Waals surface area contributed by atoms with Gasteiger partial charge in [-0.2, -0.15) is 5.26 Å².